The van der Waals surface area contributed by atoms with Crippen LogP contribution < -0.4 is 4.74 Å². The number of hydrogen-bond donors (Lipinski definition) is 1. The van der Waals surface area contributed by atoms with Gasteiger partial charge in [0.25, 0.3) is 0 Å². The normalized spacial score (nSPS) is 15.0. The van der Waals surface area contributed by atoms with E-state index >= 15 is 0 Å². The molecule has 134 valence electrons. The van der Waals surface area contributed by atoms with Crippen LogP contribution in [-0.4, -0.2) is 45.5 Å². The predicted molar refractivity (Wildman–Crippen MR) is 95.1 cm³/mol. The molecule has 1 aliphatic heterocycles. The van der Waals surface area contributed by atoms with Crippen LogP contribution in [0.15, 0.2) is 30.3 Å². The Bertz CT molecular complexity index is 762. The van der Waals surface area contributed by atoms with Gasteiger partial charge >= 0.3 is 5.97 Å². The van der Waals surface area contributed by atoms with Gasteiger partial charge in [0.15, 0.2) is 0 Å². The van der Waals surface area contributed by atoms with Crippen molar-refractivity contribution in [2.24, 2.45) is 0 Å². The summed E-state index contributed by atoms with van der Waals surface area (Å²) in [5, 5.41) is 13.7. The van der Waals surface area contributed by atoms with E-state index in [0.29, 0.717) is 12.4 Å². The zero-order valence-electron chi connectivity index (χ0n) is 15.0. The highest BCUT2D eigenvalue weighted by Crippen LogP contribution is 2.24. The highest BCUT2D eigenvalue weighted by atomic mass is 16.5. The Hall–Kier alpha value is -2.34. The van der Waals surface area contributed by atoms with Gasteiger partial charge < -0.3 is 9.84 Å². The van der Waals surface area contributed by atoms with E-state index in [1.54, 1.807) is 24.3 Å². The third kappa shape index (κ3) is 4.20. The smallest absolute Gasteiger partial charge is 0.335 e. The van der Waals surface area contributed by atoms with Gasteiger partial charge in [0.2, 0.25) is 0 Å². The SMILES string of the molecule is CC(C)(C)c1cc2n(n1)CCN(CCOc1cccc(C(=O)O)c1)C2. The molecule has 0 radical (unpaired) electrons. The molecular weight excluding hydrogens is 318 g/mol. The Kier molecular flexibility index (Phi) is 4.81. The van der Waals surface area contributed by atoms with Gasteiger partial charge in [-0.05, 0) is 24.3 Å². The quantitative estimate of drug-likeness (QED) is 0.904. The van der Waals surface area contributed by atoms with Crippen molar-refractivity contribution in [3.8, 4) is 5.75 Å². The first kappa shape index (κ1) is 17.5. The number of aromatic nitrogens is 2. The lowest BCUT2D eigenvalue weighted by Crippen LogP contribution is -2.36. The molecule has 0 unspecified atom stereocenters. The molecule has 25 heavy (non-hydrogen) atoms. The van der Waals surface area contributed by atoms with E-state index < -0.39 is 5.97 Å². The minimum atomic E-state index is -0.940. The van der Waals surface area contributed by atoms with Crippen molar-refractivity contribution in [3.05, 3.63) is 47.3 Å². The maximum absolute atomic E-state index is 11.0. The summed E-state index contributed by atoms with van der Waals surface area (Å²) in [4.78, 5) is 13.3. The monoisotopic (exact) mass is 343 g/mol. The van der Waals surface area contributed by atoms with Gasteiger partial charge in [-0.15, -0.1) is 0 Å². The number of aromatic carboxylic acids is 1. The summed E-state index contributed by atoms with van der Waals surface area (Å²) in [6, 6.07) is 8.81. The van der Waals surface area contributed by atoms with E-state index in [9.17, 15) is 4.79 Å². The first-order valence-electron chi connectivity index (χ1n) is 8.58. The first-order chi connectivity index (χ1) is 11.8. The Morgan fingerprint density at radius 3 is 2.80 bits per heavy atom. The Labute approximate surface area is 148 Å². The molecule has 6 heteroatoms. The Morgan fingerprint density at radius 2 is 2.08 bits per heavy atom. The van der Waals surface area contributed by atoms with Gasteiger partial charge in [-0.2, -0.15) is 5.10 Å². The molecule has 2 aromatic rings. The van der Waals surface area contributed by atoms with E-state index in [1.807, 2.05) is 0 Å². The lowest BCUT2D eigenvalue weighted by Gasteiger charge is -2.27. The molecular formula is C19H25N3O3. The molecule has 1 N–H and O–H groups in total. The summed E-state index contributed by atoms with van der Waals surface area (Å²) < 4.78 is 7.83. The molecule has 0 fully saturated rings. The number of fused-ring (bicyclic) bond motifs is 1. The fraction of sp³-hybridized carbons (Fsp3) is 0.474. The molecule has 1 aliphatic rings. The second kappa shape index (κ2) is 6.88. The van der Waals surface area contributed by atoms with Crippen LogP contribution in [0.3, 0.4) is 0 Å². The summed E-state index contributed by atoms with van der Waals surface area (Å²) in [5.41, 5.74) is 2.68. The second-order valence-corrected chi connectivity index (χ2v) is 7.45. The molecule has 0 spiro atoms. The number of carboxylic acid groups (broad SMARTS) is 1. The minimum absolute atomic E-state index is 0.0629. The maximum Gasteiger partial charge on any atom is 0.335 e. The molecule has 0 aliphatic carbocycles. The third-order valence-electron chi connectivity index (χ3n) is 4.40. The molecule has 0 bridgehead atoms. The van der Waals surface area contributed by atoms with E-state index in [2.05, 4.69) is 36.4 Å². The number of ether oxygens (including phenoxy) is 1. The summed E-state index contributed by atoms with van der Waals surface area (Å²) >= 11 is 0. The summed E-state index contributed by atoms with van der Waals surface area (Å²) in [5.74, 6) is -0.346. The van der Waals surface area contributed by atoms with Crippen LogP contribution in [0.2, 0.25) is 0 Å². The number of nitrogens with zero attached hydrogens (tertiary/aromatic N) is 3. The second-order valence-electron chi connectivity index (χ2n) is 7.45. The highest BCUT2D eigenvalue weighted by Gasteiger charge is 2.23. The van der Waals surface area contributed by atoms with Gasteiger partial charge in [0.05, 0.1) is 23.5 Å². The topological polar surface area (TPSA) is 67.6 Å². The highest BCUT2D eigenvalue weighted by molar-refractivity contribution is 5.87. The van der Waals surface area contributed by atoms with E-state index in [1.165, 1.54) is 5.69 Å². The van der Waals surface area contributed by atoms with E-state index in [4.69, 9.17) is 14.9 Å². The summed E-state index contributed by atoms with van der Waals surface area (Å²) in [6.07, 6.45) is 0. The van der Waals surface area contributed by atoms with Gasteiger partial charge in [-0.3, -0.25) is 9.58 Å². The first-order valence-corrected chi connectivity index (χ1v) is 8.58. The molecule has 6 nitrogen and oxygen atoms in total. The van der Waals surface area contributed by atoms with Gasteiger partial charge in [0.1, 0.15) is 12.4 Å². The van der Waals surface area contributed by atoms with Crippen molar-refractivity contribution in [2.45, 2.75) is 39.3 Å². The van der Waals surface area contributed by atoms with E-state index in [0.717, 1.165) is 31.9 Å². The van der Waals surface area contributed by atoms with Crippen molar-refractivity contribution in [1.82, 2.24) is 14.7 Å². The zero-order valence-corrected chi connectivity index (χ0v) is 15.0. The Morgan fingerprint density at radius 1 is 1.28 bits per heavy atom. The van der Waals surface area contributed by atoms with Gasteiger partial charge in [0, 0.05) is 25.0 Å². The molecule has 2 heterocycles. The van der Waals surface area contributed by atoms with Crippen molar-refractivity contribution in [1.29, 1.82) is 0 Å². The molecule has 0 saturated heterocycles. The van der Waals surface area contributed by atoms with Crippen LogP contribution in [0.25, 0.3) is 0 Å². The molecule has 0 amide bonds. The lowest BCUT2D eigenvalue weighted by atomic mass is 9.92. The number of carbonyl (C=O) groups is 1. The van der Waals surface area contributed by atoms with Crippen molar-refractivity contribution >= 4 is 5.97 Å². The third-order valence-corrected chi connectivity index (χ3v) is 4.40. The lowest BCUT2D eigenvalue weighted by molar-refractivity contribution is 0.0696. The van der Waals surface area contributed by atoms with Crippen LogP contribution in [0.4, 0.5) is 0 Å². The number of carboxylic acids is 1. The van der Waals surface area contributed by atoms with Crippen LogP contribution in [0.1, 0.15) is 42.5 Å². The van der Waals surface area contributed by atoms with Crippen molar-refractivity contribution in [2.75, 3.05) is 19.7 Å². The van der Waals surface area contributed by atoms with Crippen LogP contribution in [0, 0.1) is 0 Å². The molecule has 1 aromatic carbocycles. The Balaban J connectivity index is 1.54. The van der Waals surface area contributed by atoms with Crippen LogP contribution in [0.5, 0.6) is 5.75 Å². The standard InChI is InChI=1S/C19H25N3O3/c1-19(2,3)17-12-15-13-21(7-8-22(15)20-17)9-10-25-16-6-4-5-14(11-16)18(23)24/h4-6,11-12H,7-10,13H2,1-3H3,(H,23,24). The predicted octanol–water partition coefficient (Wildman–Crippen LogP) is 2.77. The molecule has 0 saturated carbocycles. The van der Waals surface area contributed by atoms with Gasteiger partial charge in [-0.1, -0.05) is 26.8 Å². The zero-order chi connectivity index (χ0) is 18.0. The van der Waals surface area contributed by atoms with Crippen LogP contribution >= 0.6 is 0 Å². The number of hydrogen-bond acceptors (Lipinski definition) is 4. The van der Waals surface area contributed by atoms with Crippen molar-refractivity contribution in [3.63, 3.8) is 0 Å². The average Bonchev–Trinajstić information content (AvgIpc) is 2.99. The molecule has 1 aromatic heterocycles. The minimum Gasteiger partial charge on any atom is -0.492 e. The summed E-state index contributed by atoms with van der Waals surface area (Å²) in [6.45, 7) is 10.6. The van der Waals surface area contributed by atoms with E-state index in [-0.39, 0.29) is 11.0 Å². The van der Waals surface area contributed by atoms with Crippen molar-refractivity contribution < 1.29 is 14.6 Å². The average molecular weight is 343 g/mol. The fourth-order valence-corrected chi connectivity index (χ4v) is 2.89. The maximum atomic E-state index is 11.0. The van der Waals surface area contributed by atoms with Gasteiger partial charge in [-0.25, -0.2) is 4.79 Å². The largest absolute Gasteiger partial charge is 0.492 e. The number of benzene rings is 1. The fourth-order valence-electron chi connectivity index (χ4n) is 2.89. The number of rotatable bonds is 5. The van der Waals surface area contributed by atoms with Crippen LogP contribution in [-0.2, 0) is 18.5 Å². The summed E-state index contributed by atoms with van der Waals surface area (Å²) in [7, 11) is 0. The molecule has 0 atom stereocenters. The molecule has 3 rings (SSSR count).